The van der Waals surface area contributed by atoms with Crippen LogP contribution in [0, 0.1) is 17.6 Å². The lowest BCUT2D eigenvalue weighted by Crippen LogP contribution is -2.45. The van der Waals surface area contributed by atoms with Gasteiger partial charge in [-0.1, -0.05) is 6.42 Å². The van der Waals surface area contributed by atoms with Crippen molar-refractivity contribution in [3.63, 3.8) is 0 Å². The van der Waals surface area contributed by atoms with Gasteiger partial charge in [-0.15, -0.1) is 0 Å². The van der Waals surface area contributed by atoms with Crippen molar-refractivity contribution in [2.45, 2.75) is 42.6 Å². The number of halogens is 2. The van der Waals surface area contributed by atoms with Crippen LogP contribution in [0.15, 0.2) is 12.1 Å². The Morgan fingerprint density at radius 2 is 1.70 bits per heavy atom. The summed E-state index contributed by atoms with van der Waals surface area (Å²) in [5.41, 5.74) is -0.0197. The fraction of sp³-hybridized carbons (Fsp3) is 0.562. The minimum Gasteiger partial charge on any atom is -0.496 e. The summed E-state index contributed by atoms with van der Waals surface area (Å²) >= 11 is 0. The summed E-state index contributed by atoms with van der Waals surface area (Å²) in [7, 11) is -1.88. The number of hydrogen-bond acceptors (Lipinski definition) is 4. The largest absolute Gasteiger partial charge is 0.496 e. The molecule has 2 aliphatic rings. The van der Waals surface area contributed by atoms with E-state index in [0.29, 0.717) is 12.8 Å². The van der Waals surface area contributed by atoms with Gasteiger partial charge in [0.15, 0.2) is 27.3 Å². The Labute approximate surface area is 133 Å². The molecule has 2 aliphatic heterocycles. The zero-order chi connectivity index (χ0) is 16.8. The second kappa shape index (κ2) is 5.85. The maximum absolute atomic E-state index is 13.5. The minimum atomic E-state index is -3.16. The number of sulfone groups is 1. The molecule has 0 N–H and O–H groups in total. The van der Waals surface area contributed by atoms with Crippen molar-refractivity contribution < 1.29 is 26.7 Å². The van der Waals surface area contributed by atoms with Crippen molar-refractivity contribution in [3.8, 4) is 5.75 Å². The van der Waals surface area contributed by atoms with E-state index in [1.165, 1.54) is 7.11 Å². The van der Waals surface area contributed by atoms with Crippen molar-refractivity contribution in [2.75, 3.05) is 7.11 Å². The van der Waals surface area contributed by atoms with E-state index < -0.39 is 37.9 Å². The molecule has 2 fully saturated rings. The number of methoxy groups -OCH3 is 1. The highest BCUT2D eigenvalue weighted by atomic mass is 32.2. The minimum absolute atomic E-state index is 0.0197. The maximum Gasteiger partial charge on any atom is 0.169 e. The van der Waals surface area contributed by atoms with Gasteiger partial charge < -0.3 is 4.74 Å². The first kappa shape index (κ1) is 16.4. The smallest absolute Gasteiger partial charge is 0.169 e. The Morgan fingerprint density at radius 1 is 1.13 bits per heavy atom. The number of carbonyl (C=O) groups is 1. The Balaban J connectivity index is 1.92. The van der Waals surface area contributed by atoms with Crippen LogP contribution < -0.4 is 4.74 Å². The van der Waals surface area contributed by atoms with Gasteiger partial charge >= 0.3 is 0 Å². The number of rotatable bonds is 3. The van der Waals surface area contributed by atoms with E-state index in [0.717, 1.165) is 18.6 Å². The Kier molecular flexibility index (Phi) is 4.16. The summed E-state index contributed by atoms with van der Waals surface area (Å²) in [4.78, 5) is 12.7. The molecule has 7 heteroatoms. The zero-order valence-electron chi connectivity index (χ0n) is 12.7. The molecule has 1 aromatic carbocycles. The lowest BCUT2D eigenvalue weighted by atomic mass is 9.84. The van der Waals surface area contributed by atoms with Crippen molar-refractivity contribution in [1.82, 2.24) is 0 Å². The summed E-state index contributed by atoms with van der Waals surface area (Å²) < 4.78 is 56.3. The fourth-order valence-corrected chi connectivity index (χ4v) is 6.27. The van der Waals surface area contributed by atoms with Crippen LogP contribution in [0.4, 0.5) is 8.78 Å². The normalized spacial score (nSPS) is 29.1. The van der Waals surface area contributed by atoms with E-state index in [9.17, 15) is 22.0 Å². The van der Waals surface area contributed by atoms with Crippen LogP contribution in [-0.4, -0.2) is 31.8 Å². The van der Waals surface area contributed by atoms with Gasteiger partial charge in [-0.3, -0.25) is 4.79 Å². The van der Waals surface area contributed by atoms with Gasteiger partial charge in [0.05, 0.1) is 23.2 Å². The van der Waals surface area contributed by atoms with Crippen LogP contribution in [0.25, 0.3) is 0 Å². The summed E-state index contributed by atoms with van der Waals surface area (Å²) in [5, 5.41) is -1.000. The molecule has 0 aromatic heterocycles. The van der Waals surface area contributed by atoms with Gasteiger partial charge in [-0.05, 0) is 31.7 Å². The molecular weight excluding hydrogens is 326 g/mol. The van der Waals surface area contributed by atoms with Crippen LogP contribution in [0.3, 0.4) is 0 Å². The van der Waals surface area contributed by atoms with Gasteiger partial charge in [-0.25, -0.2) is 17.2 Å². The molecule has 0 aliphatic carbocycles. The van der Waals surface area contributed by atoms with E-state index >= 15 is 0 Å². The molecule has 0 spiro atoms. The van der Waals surface area contributed by atoms with Gasteiger partial charge in [0.25, 0.3) is 0 Å². The molecular formula is C16H18F2O4S. The molecule has 0 saturated carbocycles. The number of carbonyl (C=O) groups excluding carboxylic acids is 1. The summed E-state index contributed by atoms with van der Waals surface area (Å²) in [5.74, 6) is -3.08. The standard InChI is InChI=1S/C16H18F2O4S/c1-22-15-8-14(18)13(17)7-12(15)16(19)9-5-10-3-2-4-11(6-9)23(10,20)21/h7-11H,2-6H2,1H3. The SMILES string of the molecule is COc1cc(F)c(F)cc1C(=O)C1CC2CCCC(C1)S2(=O)=O. The Bertz CT molecular complexity index is 725. The van der Waals surface area contributed by atoms with Crippen LogP contribution in [0.5, 0.6) is 5.75 Å². The highest BCUT2D eigenvalue weighted by Gasteiger charge is 2.46. The highest BCUT2D eigenvalue weighted by Crippen LogP contribution is 2.41. The Hall–Kier alpha value is -1.50. The van der Waals surface area contributed by atoms with Crippen molar-refractivity contribution in [3.05, 3.63) is 29.3 Å². The maximum atomic E-state index is 13.5. The average molecular weight is 344 g/mol. The van der Waals surface area contributed by atoms with Gasteiger partial charge in [0.2, 0.25) is 0 Å². The average Bonchev–Trinajstić information content (AvgIpc) is 2.47. The van der Waals surface area contributed by atoms with Crippen LogP contribution in [0.1, 0.15) is 42.5 Å². The molecule has 2 unspecified atom stereocenters. The topological polar surface area (TPSA) is 60.4 Å². The zero-order valence-corrected chi connectivity index (χ0v) is 13.5. The summed E-state index contributed by atoms with van der Waals surface area (Å²) in [6.45, 7) is 0. The molecule has 3 rings (SSSR count). The van der Waals surface area contributed by atoms with Crippen molar-refractivity contribution in [2.24, 2.45) is 5.92 Å². The molecule has 1 aromatic rings. The van der Waals surface area contributed by atoms with Gasteiger partial charge in [0.1, 0.15) is 5.75 Å². The van der Waals surface area contributed by atoms with E-state index in [2.05, 4.69) is 0 Å². The third-order valence-corrected chi connectivity index (χ3v) is 7.67. The molecule has 0 radical (unpaired) electrons. The van der Waals surface area contributed by atoms with Gasteiger partial charge in [-0.2, -0.15) is 0 Å². The third-order valence-electron chi connectivity index (χ3n) is 4.95. The molecule has 2 bridgehead atoms. The van der Waals surface area contributed by atoms with E-state index in [1.807, 2.05) is 0 Å². The van der Waals surface area contributed by atoms with Crippen LogP contribution >= 0.6 is 0 Å². The lowest BCUT2D eigenvalue weighted by Gasteiger charge is -2.38. The first-order chi connectivity index (χ1) is 10.8. The first-order valence-electron chi connectivity index (χ1n) is 7.64. The summed E-state index contributed by atoms with van der Waals surface area (Å²) in [6.07, 6.45) is 2.48. The monoisotopic (exact) mass is 344 g/mol. The number of hydrogen-bond donors (Lipinski definition) is 0. The first-order valence-corrected chi connectivity index (χ1v) is 9.25. The third kappa shape index (κ3) is 2.75. The Morgan fingerprint density at radius 3 is 2.26 bits per heavy atom. The van der Waals surface area contributed by atoms with Gasteiger partial charge in [0, 0.05) is 12.0 Å². The molecule has 4 nitrogen and oxygen atoms in total. The van der Waals surface area contributed by atoms with Crippen LogP contribution in [0.2, 0.25) is 0 Å². The van der Waals surface area contributed by atoms with E-state index in [1.54, 1.807) is 0 Å². The fourth-order valence-electron chi connectivity index (χ4n) is 3.73. The van der Waals surface area contributed by atoms with E-state index in [4.69, 9.17) is 4.74 Å². The quantitative estimate of drug-likeness (QED) is 0.791. The predicted molar refractivity (Wildman–Crippen MR) is 80.3 cm³/mol. The molecule has 23 heavy (non-hydrogen) atoms. The number of benzene rings is 1. The molecule has 2 atom stereocenters. The number of fused-ring (bicyclic) bond motifs is 2. The highest BCUT2D eigenvalue weighted by molar-refractivity contribution is 7.92. The second-order valence-electron chi connectivity index (χ2n) is 6.26. The van der Waals surface area contributed by atoms with E-state index in [-0.39, 0.29) is 29.9 Å². The number of Topliss-reactive ketones (excluding diaryl/α,β-unsaturated/α-hetero) is 1. The van der Waals surface area contributed by atoms with Crippen molar-refractivity contribution in [1.29, 1.82) is 0 Å². The molecule has 2 saturated heterocycles. The summed E-state index contributed by atoms with van der Waals surface area (Å²) in [6, 6.07) is 1.69. The predicted octanol–water partition coefficient (Wildman–Crippen LogP) is 2.90. The molecule has 2 heterocycles. The lowest BCUT2D eigenvalue weighted by molar-refractivity contribution is 0.0890. The van der Waals surface area contributed by atoms with Crippen molar-refractivity contribution >= 4 is 15.6 Å². The molecule has 126 valence electrons. The van der Waals surface area contributed by atoms with Crippen LogP contribution in [-0.2, 0) is 9.84 Å². The molecule has 0 amide bonds. The second-order valence-corrected chi connectivity index (χ2v) is 8.77. The number of ether oxygens (including phenoxy) is 1. The number of ketones is 1.